The standard InChI is InChI=1S/C11H13N5O/c1-6-14-7(2)16(15-6)9-5-3-4-8(10(9)12)11(13)17/h3-5H,12H2,1-2H3,(H2,13,17). The van der Waals surface area contributed by atoms with Crippen molar-refractivity contribution in [2.24, 2.45) is 5.73 Å². The Morgan fingerprint density at radius 3 is 2.59 bits per heavy atom. The zero-order valence-corrected chi connectivity index (χ0v) is 9.64. The molecule has 88 valence electrons. The van der Waals surface area contributed by atoms with E-state index in [1.165, 1.54) is 0 Å². The van der Waals surface area contributed by atoms with Crippen molar-refractivity contribution < 1.29 is 4.79 Å². The van der Waals surface area contributed by atoms with Crippen molar-refractivity contribution in [3.8, 4) is 5.69 Å². The number of hydrogen-bond acceptors (Lipinski definition) is 4. The summed E-state index contributed by atoms with van der Waals surface area (Å²) in [4.78, 5) is 15.4. The van der Waals surface area contributed by atoms with Gasteiger partial charge in [0.25, 0.3) is 5.91 Å². The van der Waals surface area contributed by atoms with E-state index in [9.17, 15) is 4.79 Å². The number of para-hydroxylation sites is 1. The quantitative estimate of drug-likeness (QED) is 0.738. The predicted octanol–water partition coefficient (Wildman–Crippen LogP) is 0.565. The summed E-state index contributed by atoms with van der Waals surface area (Å²) in [5.74, 6) is 0.793. The van der Waals surface area contributed by atoms with E-state index in [0.717, 1.165) is 0 Å². The molecular formula is C11H13N5O. The molecule has 17 heavy (non-hydrogen) atoms. The molecule has 0 bridgehead atoms. The van der Waals surface area contributed by atoms with Gasteiger partial charge >= 0.3 is 0 Å². The molecule has 0 saturated carbocycles. The molecule has 1 amide bonds. The molecule has 6 nitrogen and oxygen atoms in total. The second-order valence-corrected chi connectivity index (χ2v) is 3.72. The average Bonchev–Trinajstić information content (AvgIpc) is 2.57. The Morgan fingerprint density at radius 2 is 2.06 bits per heavy atom. The molecule has 1 heterocycles. The number of benzene rings is 1. The Balaban J connectivity index is 2.64. The molecule has 1 aromatic carbocycles. The lowest BCUT2D eigenvalue weighted by atomic mass is 10.1. The van der Waals surface area contributed by atoms with Crippen LogP contribution >= 0.6 is 0 Å². The van der Waals surface area contributed by atoms with Crippen LogP contribution in [0.1, 0.15) is 22.0 Å². The summed E-state index contributed by atoms with van der Waals surface area (Å²) in [7, 11) is 0. The van der Waals surface area contributed by atoms with Gasteiger partial charge in [0.2, 0.25) is 0 Å². The van der Waals surface area contributed by atoms with Gasteiger partial charge in [-0.1, -0.05) is 6.07 Å². The van der Waals surface area contributed by atoms with Crippen LogP contribution in [0.4, 0.5) is 5.69 Å². The maximum absolute atomic E-state index is 11.2. The number of aryl methyl sites for hydroxylation is 2. The Kier molecular flexibility index (Phi) is 2.55. The Bertz CT molecular complexity index is 588. The van der Waals surface area contributed by atoms with Gasteiger partial charge in [-0.2, -0.15) is 5.10 Å². The Morgan fingerprint density at radius 1 is 1.35 bits per heavy atom. The molecule has 0 saturated heterocycles. The van der Waals surface area contributed by atoms with Crippen molar-refractivity contribution in [3.63, 3.8) is 0 Å². The van der Waals surface area contributed by atoms with E-state index < -0.39 is 5.91 Å². The second kappa shape index (κ2) is 3.89. The van der Waals surface area contributed by atoms with Crippen LogP contribution in [0.2, 0.25) is 0 Å². The fraction of sp³-hybridized carbons (Fsp3) is 0.182. The number of rotatable bonds is 2. The summed E-state index contributed by atoms with van der Waals surface area (Å²) < 4.78 is 1.59. The van der Waals surface area contributed by atoms with Crippen LogP contribution in [-0.2, 0) is 0 Å². The highest BCUT2D eigenvalue weighted by Gasteiger charge is 2.13. The van der Waals surface area contributed by atoms with Gasteiger partial charge in [-0.05, 0) is 26.0 Å². The second-order valence-electron chi connectivity index (χ2n) is 3.72. The molecule has 2 aromatic rings. The average molecular weight is 231 g/mol. The summed E-state index contributed by atoms with van der Waals surface area (Å²) >= 11 is 0. The number of carbonyl (C=O) groups excluding carboxylic acids is 1. The monoisotopic (exact) mass is 231 g/mol. The molecular weight excluding hydrogens is 218 g/mol. The minimum atomic E-state index is -0.557. The summed E-state index contributed by atoms with van der Waals surface area (Å²) in [6.07, 6.45) is 0. The molecule has 0 aliphatic carbocycles. The minimum absolute atomic E-state index is 0.287. The molecule has 0 atom stereocenters. The third kappa shape index (κ3) is 1.84. The Labute approximate surface area is 98.3 Å². The molecule has 6 heteroatoms. The third-order valence-electron chi connectivity index (χ3n) is 2.45. The fourth-order valence-electron chi connectivity index (χ4n) is 1.70. The smallest absolute Gasteiger partial charge is 0.250 e. The molecule has 0 unspecified atom stereocenters. The maximum Gasteiger partial charge on any atom is 0.250 e. The van der Waals surface area contributed by atoms with Crippen LogP contribution in [0.3, 0.4) is 0 Å². The van der Waals surface area contributed by atoms with Crippen molar-refractivity contribution in [2.75, 3.05) is 5.73 Å². The number of aromatic nitrogens is 3. The highest BCUT2D eigenvalue weighted by atomic mass is 16.1. The van der Waals surface area contributed by atoms with Crippen LogP contribution in [0.15, 0.2) is 18.2 Å². The van der Waals surface area contributed by atoms with Crippen molar-refractivity contribution in [2.45, 2.75) is 13.8 Å². The molecule has 0 fully saturated rings. The van der Waals surface area contributed by atoms with Gasteiger partial charge in [-0.25, -0.2) is 9.67 Å². The topological polar surface area (TPSA) is 99.8 Å². The normalized spacial score (nSPS) is 10.5. The number of nitrogen functional groups attached to an aromatic ring is 1. The van der Waals surface area contributed by atoms with Gasteiger partial charge in [-0.15, -0.1) is 0 Å². The van der Waals surface area contributed by atoms with Crippen molar-refractivity contribution in [1.29, 1.82) is 0 Å². The number of nitrogens with two attached hydrogens (primary N) is 2. The molecule has 1 aromatic heterocycles. The van der Waals surface area contributed by atoms with E-state index in [1.807, 2.05) is 6.92 Å². The molecule has 4 N–H and O–H groups in total. The summed E-state index contributed by atoms with van der Waals surface area (Å²) in [6.45, 7) is 3.61. The third-order valence-corrected chi connectivity index (χ3v) is 2.45. The van der Waals surface area contributed by atoms with E-state index >= 15 is 0 Å². The van der Waals surface area contributed by atoms with Crippen LogP contribution < -0.4 is 11.5 Å². The van der Waals surface area contributed by atoms with Crippen molar-refractivity contribution >= 4 is 11.6 Å². The largest absolute Gasteiger partial charge is 0.396 e. The van der Waals surface area contributed by atoms with Gasteiger partial charge < -0.3 is 11.5 Å². The first kappa shape index (κ1) is 11.1. The number of primary amides is 1. The lowest BCUT2D eigenvalue weighted by Gasteiger charge is -2.09. The van der Waals surface area contributed by atoms with Gasteiger partial charge in [-0.3, -0.25) is 4.79 Å². The van der Waals surface area contributed by atoms with Crippen LogP contribution in [-0.4, -0.2) is 20.7 Å². The number of carbonyl (C=O) groups is 1. The highest BCUT2D eigenvalue weighted by molar-refractivity contribution is 5.99. The first-order valence-corrected chi connectivity index (χ1v) is 5.09. The van der Waals surface area contributed by atoms with E-state index in [0.29, 0.717) is 23.0 Å². The van der Waals surface area contributed by atoms with Crippen molar-refractivity contribution in [1.82, 2.24) is 14.8 Å². The number of amides is 1. The fourth-order valence-corrected chi connectivity index (χ4v) is 1.70. The number of anilines is 1. The van der Waals surface area contributed by atoms with Crippen LogP contribution in [0.25, 0.3) is 5.69 Å². The van der Waals surface area contributed by atoms with Gasteiger partial charge in [0.05, 0.1) is 16.9 Å². The zero-order valence-electron chi connectivity index (χ0n) is 9.64. The van der Waals surface area contributed by atoms with Gasteiger partial charge in [0.15, 0.2) is 0 Å². The first-order chi connectivity index (χ1) is 8.00. The van der Waals surface area contributed by atoms with Gasteiger partial charge in [0, 0.05) is 0 Å². The summed E-state index contributed by atoms with van der Waals surface area (Å²) in [6, 6.07) is 5.06. The van der Waals surface area contributed by atoms with E-state index in [1.54, 1.807) is 29.8 Å². The Hall–Kier alpha value is -2.37. The molecule has 0 radical (unpaired) electrons. The number of nitrogens with zero attached hydrogens (tertiary/aromatic N) is 3. The van der Waals surface area contributed by atoms with Crippen LogP contribution in [0, 0.1) is 13.8 Å². The maximum atomic E-state index is 11.2. The molecule has 0 spiro atoms. The zero-order chi connectivity index (χ0) is 12.6. The summed E-state index contributed by atoms with van der Waals surface area (Å²) in [5, 5.41) is 4.22. The molecule has 0 aliphatic rings. The SMILES string of the molecule is Cc1nc(C)n(-c2cccc(C(N)=O)c2N)n1. The van der Waals surface area contributed by atoms with E-state index in [2.05, 4.69) is 10.1 Å². The summed E-state index contributed by atoms with van der Waals surface area (Å²) in [5.41, 5.74) is 12.4. The van der Waals surface area contributed by atoms with Crippen molar-refractivity contribution in [3.05, 3.63) is 35.4 Å². The van der Waals surface area contributed by atoms with Gasteiger partial charge in [0.1, 0.15) is 11.6 Å². The molecule has 2 rings (SSSR count). The van der Waals surface area contributed by atoms with E-state index in [-0.39, 0.29) is 5.56 Å². The lowest BCUT2D eigenvalue weighted by molar-refractivity contribution is 0.100. The predicted molar refractivity (Wildman–Crippen MR) is 63.8 cm³/mol. The highest BCUT2D eigenvalue weighted by Crippen LogP contribution is 2.21. The molecule has 0 aliphatic heterocycles. The first-order valence-electron chi connectivity index (χ1n) is 5.09. The lowest BCUT2D eigenvalue weighted by Crippen LogP contribution is -2.15. The van der Waals surface area contributed by atoms with Crippen LogP contribution in [0.5, 0.6) is 0 Å². The van der Waals surface area contributed by atoms with E-state index in [4.69, 9.17) is 11.5 Å². The number of hydrogen-bond donors (Lipinski definition) is 2. The minimum Gasteiger partial charge on any atom is -0.396 e.